The van der Waals surface area contributed by atoms with Crippen molar-refractivity contribution in [3.8, 4) is 17.4 Å². The minimum Gasteiger partial charge on any atom is -0.434 e. The maximum Gasteiger partial charge on any atom is 0.415 e. The molecule has 0 radical (unpaired) electrons. The van der Waals surface area contributed by atoms with Gasteiger partial charge in [-0.15, -0.1) is 10.2 Å². The lowest BCUT2D eigenvalue weighted by Crippen LogP contribution is -2.48. The Kier molecular flexibility index (Phi) is 5.37. The molecule has 0 N–H and O–H groups in total. The van der Waals surface area contributed by atoms with Crippen molar-refractivity contribution in [2.24, 2.45) is 0 Å². The zero-order valence-corrected chi connectivity index (χ0v) is 16.8. The van der Waals surface area contributed by atoms with Crippen molar-refractivity contribution in [1.29, 1.82) is 0 Å². The van der Waals surface area contributed by atoms with Gasteiger partial charge in [0, 0.05) is 32.2 Å². The van der Waals surface area contributed by atoms with E-state index in [0.717, 1.165) is 42.8 Å². The Morgan fingerprint density at radius 3 is 2.64 bits per heavy atom. The molecular weight excluding hydrogens is 380 g/mol. The number of rotatable bonds is 4. The highest BCUT2D eigenvalue weighted by Crippen LogP contribution is 2.46. The summed E-state index contributed by atoms with van der Waals surface area (Å²) in [7, 11) is 2.03. The highest BCUT2D eigenvalue weighted by atomic mass is 35.5. The van der Waals surface area contributed by atoms with Crippen LogP contribution in [0.25, 0.3) is 0 Å². The first kappa shape index (κ1) is 19.0. The molecule has 4 rings (SSSR count). The Balaban J connectivity index is 1.57. The molecule has 28 heavy (non-hydrogen) atoms. The van der Waals surface area contributed by atoms with Gasteiger partial charge in [-0.1, -0.05) is 29.8 Å². The number of hydrogen-bond acceptors (Lipinski definition) is 6. The molecule has 2 aromatic rings. The molecule has 2 aliphatic rings. The van der Waals surface area contributed by atoms with Crippen LogP contribution >= 0.6 is 11.6 Å². The molecule has 1 aromatic carbocycles. The number of carbonyl (C=O) groups is 1. The normalized spacial score (nSPS) is 17.5. The number of aryl methyl sites for hydroxylation is 1. The maximum absolute atomic E-state index is 12.6. The monoisotopic (exact) mass is 402 g/mol. The lowest BCUT2D eigenvalue weighted by atomic mass is 10.1. The Bertz CT molecular complexity index is 880. The van der Waals surface area contributed by atoms with Gasteiger partial charge in [0.05, 0.1) is 0 Å². The summed E-state index contributed by atoms with van der Waals surface area (Å²) in [5.41, 5.74) is 2.14. The third-order valence-corrected chi connectivity index (χ3v) is 5.30. The van der Waals surface area contributed by atoms with E-state index in [1.165, 1.54) is 6.07 Å². The molecule has 2 fully saturated rings. The van der Waals surface area contributed by atoms with E-state index in [1.807, 2.05) is 26.1 Å². The van der Waals surface area contributed by atoms with Gasteiger partial charge in [0.2, 0.25) is 0 Å². The summed E-state index contributed by atoms with van der Waals surface area (Å²) < 4.78 is 11.7. The summed E-state index contributed by atoms with van der Waals surface area (Å²) in [5, 5.41) is 8.04. The van der Waals surface area contributed by atoms with Gasteiger partial charge in [0.25, 0.3) is 5.88 Å². The van der Waals surface area contributed by atoms with E-state index >= 15 is 0 Å². The van der Waals surface area contributed by atoms with Crippen molar-refractivity contribution in [2.75, 3.05) is 33.2 Å². The lowest BCUT2D eigenvalue weighted by molar-refractivity contribution is 0.119. The molecular formula is C20H23ClN4O3. The van der Waals surface area contributed by atoms with Gasteiger partial charge in [-0.3, -0.25) is 0 Å². The molecule has 1 aromatic heterocycles. The predicted molar refractivity (Wildman–Crippen MR) is 105 cm³/mol. The number of likely N-dealkylation sites (N-methyl/N-ethyl adjacent to an activating group) is 1. The number of aromatic nitrogens is 2. The predicted octanol–water partition coefficient (Wildman–Crippen LogP) is 3.85. The van der Waals surface area contributed by atoms with Crippen LogP contribution in [0.5, 0.6) is 17.4 Å². The summed E-state index contributed by atoms with van der Waals surface area (Å²) in [5.74, 6) is 1.57. The molecule has 1 aliphatic heterocycles. The zero-order chi connectivity index (χ0) is 19.7. The molecule has 0 atom stereocenters. The fourth-order valence-corrected chi connectivity index (χ4v) is 3.40. The molecule has 2 heterocycles. The van der Waals surface area contributed by atoms with Gasteiger partial charge in [0.15, 0.2) is 10.9 Å². The van der Waals surface area contributed by atoms with Crippen molar-refractivity contribution < 1.29 is 14.3 Å². The molecule has 1 saturated heterocycles. The standard InChI is InChI=1S/C20H23ClN4O3/c1-13-4-3-5-15(14-6-7-14)18(13)28-19-16(12-17(21)22-23-19)27-20(26)25-10-8-24(2)9-11-25/h3-5,12,14H,6-11H2,1-2H3. The first-order chi connectivity index (χ1) is 13.5. The molecule has 0 bridgehead atoms. The van der Waals surface area contributed by atoms with Gasteiger partial charge in [-0.05, 0) is 43.9 Å². The summed E-state index contributed by atoms with van der Waals surface area (Å²) >= 11 is 5.99. The number of carbonyl (C=O) groups excluding carboxylic acids is 1. The number of nitrogens with zero attached hydrogens (tertiary/aromatic N) is 4. The molecule has 1 amide bonds. The van der Waals surface area contributed by atoms with Gasteiger partial charge < -0.3 is 19.3 Å². The van der Waals surface area contributed by atoms with E-state index in [0.29, 0.717) is 19.0 Å². The summed E-state index contributed by atoms with van der Waals surface area (Å²) in [6, 6.07) is 7.55. The molecule has 0 unspecified atom stereocenters. The van der Waals surface area contributed by atoms with Crippen molar-refractivity contribution in [1.82, 2.24) is 20.0 Å². The molecule has 148 valence electrons. The summed E-state index contributed by atoms with van der Waals surface area (Å²) in [6.45, 7) is 4.83. The molecule has 0 spiro atoms. The number of para-hydroxylation sites is 1. The maximum atomic E-state index is 12.6. The number of hydrogen-bond donors (Lipinski definition) is 0. The summed E-state index contributed by atoms with van der Waals surface area (Å²) in [6.07, 6.45) is 1.86. The second-order valence-electron chi connectivity index (χ2n) is 7.36. The number of halogens is 1. The first-order valence-electron chi connectivity index (χ1n) is 9.47. The van der Waals surface area contributed by atoms with Gasteiger partial charge in [0.1, 0.15) is 5.75 Å². The number of ether oxygens (including phenoxy) is 2. The number of piperazine rings is 1. The minimum atomic E-state index is -0.436. The van der Waals surface area contributed by atoms with Gasteiger partial charge in [-0.25, -0.2) is 4.79 Å². The Labute approximate surface area is 169 Å². The number of amides is 1. The fourth-order valence-electron chi connectivity index (χ4n) is 3.26. The molecule has 8 heteroatoms. The largest absolute Gasteiger partial charge is 0.434 e. The van der Waals surface area contributed by atoms with Crippen LogP contribution in [0.2, 0.25) is 5.15 Å². The third-order valence-electron chi connectivity index (χ3n) is 5.11. The lowest BCUT2D eigenvalue weighted by Gasteiger charge is -2.31. The van der Waals surface area contributed by atoms with Crippen LogP contribution in [0.1, 0.15) is 29.9 Å². The van der Waals surface area contributed by atoms with E-state index in [9.17, 15) is 4.79 Å². The Morgan fingerprint density at radius 2 is 1.93 bits per heavy atom. The second kappa shape index (κ2) is 7.93. The van der Waals surface area contributed by atoms with E-state index in [4.69, 9.17) is 21.1 Å². The quantitative estimate of drug-likeness (QED) is 0.773. The topological polar surface area (TPSA) is 67.8 Å². The van der Waals surface area contributed by atoms with E-state index < -0.39 is 6.09 Å². The minimum absolute atomic E-state index is 0.140. The molecule has 1 aliphatic carbocycles. The van der Waals surface area contributed by atoms with Crippen molar-refractivity contribution in [2.45, 2.75) is 25.7 Å². The van der Waals surface area contributed by atoms with Crippen LogP contribution in [-0.2, 0) is 0 Å². The summed E-state index contributed by atoms with van der Waals surface area (Å²) in [4.78, 5) is 16.4. The van der Waals surface area contributed by atoms with Crippen molar-refractivity contribution in [3.05, 3.63) is 40.5 Å². The van der Waals surface area contributed by atoms with E-state index in [2.05, 4.69) is 21.2 Å². The van der Waals surface area contributed by atoms with Crippen LogP contribution in [0, 0.1) is 6.92 Å². The van der Waals surface area contributed by atoms with Crippen molar-refractivity contribution >= 4 is 17.7 Å². The van der Waals surface area contributed by atoms with Gasteiger partial charge >= 0.3 is 6.09 Å². The van der Waals surface area contributed by atoms with Crippen molar-refractivity contribution in [3.63, 3.8) is 0 Å². The smallest absolute Gasteiger partial charge is 0.415 e. The van der Waals surface area contributed by atoms with Crippen LogP contribution < -0.4 is 9.47 Å². The first-order valence-corrected chi connectivity index (χ1v) is 9.85. The van der Waals surface area contributed by atoms with Crippen LogP contribution in [0.4, 0.5) is 4.79 Å². The Hall–Kier alpha value is -2.38. The number of benzene rings is 1. The third kappa shape index (κ3) is 4.20. The average molecular weight is 403 g/mol. The van der Waals surface area contributed by atoms with Crippen LogP contribution in [0.15, 0.2) is 24.3 Å². The van der Waals surface area contributed by atoms with E-state index in [1.54, 1.807) is 4.90 Å². The highest BCUT2D eigenvalue weighted by Gasteiger charge is 2.29. The van der Waals surface area contributed by atoms with Crippen LogP contribution in [0.3, 0.4) is 0 Å². The molecule has 1 saturated carbocycles. The fraction of sp³-hybridized carbons (Fsp3) is 0.450. The van der Waals surface area contributed by atoms with Crippen LogP contribution in [-0.4, -0.2) is 59.3 Å². The Morgan fingerprint density at radius 1 is 1.18 bits per heavy atom. The highest BCUT2D eigenvalue weighted by molar-refractivity contribution is 6.29. The average Bonchev–Trinajstić information content (AvgIpc) is 3.51. The molecule has 7 nitrogen and oxygen atoms in total. The van der Waals surface area contributed by atoms with Gasteiger partial charge in [-0.2, -0.15) is 0 Å². The second-order valence-corrected chi connectivity index (χ2v) is 7.75. The SMILES string of the molecule is Cc1cccc(C2CC2)c1Oc1nnc(Cl)cc1OC(=O)N1CCN(C)CC1. The zero-order valence-electron chi connectivity index (χ0n) is 16.0. The van der Waals surface area contributed by atoms with E-state index in [-0.39, 0.29) is 16.8 Å².